The maximum Gasteiger partial charge on any atom is 0.161 e. The van der Waals surface area contributed by atoms with E-state index in [0.29, 0.717) is 11.4 Å². The maximum absolute atomic E-state index is 12.3. The Labute approximate surface area is 129 Å². The summed E-state index contributed by atoms with van der Waals surface area (Å²) < 4.78 is 0. The van der Waals surface area contributed by atoms with Crippen molar-refractivity contribution in [1.82, 2.24) is 0 Å². The summed E-state index contributed by atoms with van der Waals surface area (Å²) in [7, 11) is 0. The average molecular weight is 298 g/mol. The average Bonchev–Trinajstić information content (AvgIpc) is 2.64. The Balaban J connectivity index is 2.22. The predicted molar refractivity (Wildman–Crippen MR) is 86.3 cm³/mol. The van der Waals surface area contributed by atoms with Crippen molar-refractivity contribution in [2.45, 2.75) is 25.8 Å². The van der Waals surface area contributed by atoms with E-state index in [2.05, 4.69) is 0 Å². The van der Waals surface area contributed by atoms with E-state index in [9.17, 15) is 4.79 Å². The molecule has 0 bridgehead atoms. The van der Waals surface area contributed by atoms with Crippen molar-refractivity contribution in [2.75, 3.05) is 0 Å². The number of aliphatic imine (C=N–C) groups is 1. The summed E-state index contributed by atoms with van der Waals surface area (Å²) in [4.78, 5) is 17.1. The molecule has 2 aromatic carbocycles. The van der Waals surface area contributed by atoms with E-state index >= 15 is 0 Å². The lowest BCUT2D eigenvalue weighted by atomic mass is 9.95. The quantitative estimate of drug-likeness (QED) is 0.821. The van der Waals surface area contributed by atoms with Crippen LogP contribution in [0.4, 0.5) is 0 Å². The van der Waals surface area contributed by atoms with Gasteiger partial charge in [0, 0.05) is 22.6 Å². The van der Waals surface area contributed by atoms with Gasteiger partial charge in [-0.1, -0.05) is 54.9 Å². The van der Waals surface area contributed by atoms with Crippen molar-refractivity contribution < 1.29 is 4.79 Å². The van der Waals surface area contributed by atoms with Crippen molar-refractivity contribution in [3.05, 3.63) is 70.2 Å². The molecule has 21 heavy (non-hydrogen) atoms. The first-order valence-corrected chi connectivity index (χ1v) is 7.51. The number of hydrogen-bond acceptors (Lipinski definition) is 2. The molecule has 1 aliphatic rings. The van der Waals surface area contributed by atoms with Gasteiger partial charge in [0.2, 0.25) is 0 Å². The molecule has 0 aliphatic carbocycles. The fourth-order valence-electron chi connectivity index (χ4n) is 2.67. The van der Waals surface area contributed by atoms with Crippen LogP contribution in [-0.4, -0.2) is 17.5 Å². The van der Waals surface area contributed by atoms with Gasteiger partial charge in [-0.15, -0.1) is 0 Å². The molecule has 0 spiro atoms. The van der Waals surface area contributed by atoms with Crippen LogP contribution in [0, 0.1) is 0 Å². The van der Waals surface area contributed by atoms with Crippen LogP contribution in [-0.2, 0) is 11.2 Å². The number of carbonyl (C=O) groups is 1. The second-order valence-corrected chi connectivity index (χ2v) is 5.65. The monoisotopic (exact) mass is 297 g/mol. The van der Waals surface area contributed by atoms with E-state index < -0.39 is 0 Å². The third-order valence-electron chi connectivity index (χ3n) is 3.78. The highest BCUT2D eigenvalue weighted by molar-refractivity contribution is 6.31. The minimum atomic E-state index is -0.272. The van der Waals surface area contributed by atoms with Crippen molar-refractivity contribution >= 4 is 23.1 Å². The summed E-state index contributed by atoms with van der Waals surface area (Å²) >= 11 is 6.15. The first kappa shape index (κ1) is 14.0. The Morgan fingerprint density at radius 1 is 1.19 bits per heavy atom. The topological polar surface area (TPSA) is 29.4 Å². The van der Waals surface area contributed by atoms with Gasteiger partial charge in [-0.2, -0.15) is 0 Å². The second-order valence-electron chi connectivity index (χ2n) is 5.21. The highest BCUT2D eigenvalue weighted by Crippen LogP contribution is 2.25. The number of Topliss-reactive ketones (excluding diaryl/α,β-unsaturated/α-hetero) is 1. The SMILES string of the molecule is CC[C@@H]1N=C(c2ccccc2)c2cc(Cl)ccc2CC1=O. The molecule has 0 fully saturated rings. The molecule has 1 atom stereocenters. The summed E-state index contributed by atoms with van der Waals surface area (Å²) in [6.07, 6.45) is 1.14. The Bertz CT molecular complexity index is 706. The van der Waals surface area contributed by atoms with Gasteiger partial charge in [0.15, 0.2) is 5.78 Å². The Morgan fingerprint density at radius 2 is 1.95 bits per heavy atom. The standard InChI is InChI=1S/C18H16ClNO/c1-2-16-17(21)10-13-8-9-14(19)11-15(13)18(20-16)12-6-4-3-5-7-12/h3-9,11,16H,2,10H2,1H3/t16-/m0/s1. The van der Waals surface area contributed by atoms with Crippen LogP contribution in [0.25, 0.3) is 0 Å². The molecule has 0 aromatic heterocycles. The molecule has 0 N–H and O–H groups in total. The highest BCUT2D eigenvalue weighted by Gasteiger charge is 2.24. The Kier molecular flexibility index (Phi) is 3.89. The summed E-state index contributed by atoms with van der Waals surface area (Å²) in [6, 6.07) is 15.4. The van der Waals surface area contributed by atoms with Gasteiger partial charge in [-0.05, 0) is 24.1 Å². The number of rotatable bonds is 2. The van der Waals surface area contributed by atoms with E-state index in [0.717, 1.165) is 28.8 Å². The van der Waals surface area contributed by atoms with Crippen LogP contribution in [0.5, 0.6) is 0 Å². The zero-order chi connectivity index (χ0) is 14.8. The van der Waals surface area contributed by atoms with Gasteiger partial charge in [0.1, 0.15) is 6.04 Å². The van der Waals surface area contributed by atoms with Crippen molar-refractivity contribution in [1.29, 1.82) is 0 Å². The van der Waals surface area contributed by atoms with Crippen LogP contribution in [0.1, 0.15) is 30.0 Å². The number of fused-ring (bicyclic) bond motifs is 1. The van der Waals surface area contributed by atoms with Gasteiger partial charge in [-0.25, -0.2) is 0 Å². The predicted octanol–water partition coefficient (Wildman–Crippen LogP) is 4.08. The number of hydrogen-bond donors (Lipinski definition) is 0. The van der Waals surface area contributed by atoms with E-state index in [1.165, 1.54) is 0 Å². The molecule has 0 radical (unpaired) electrons. The molecule has 1 aliphatic heterocycles. The molecule has 3 heteroatoms. The molecule has 0 saturated heterocycles. The fraction of sp³-hybridized carbons (Fsp3) is 0.222. The summed E-state index contributed by atoms with van der Waals surface area (Å²) in [6.45, 7) is 2.00. The molecule has 3 rings (SSSR count). The second kappa shape index (κ2) is 5.82. The molecule has 0 amide bonds. The van der Waals surface area contributed by atoms with Gasteiger partial charge in [-0.3, -0.25) is 9.79 Å². The van der Waals surface area contributed by atoms with Gasteiger partial charge in [0.25, 0.3) is 0 Å². The van der Waals surface area contributed by atoms with Crippen LogP contribution < -0.4 is 0 Å². The van der Waals surface area contributed by atoms with Crippen LogP contribution in [0.15, 0.2) is 53.5 Å². The number of ketones is 1. The molecule has 0 unspecified atom stereocenters. The third-order valence-corrected chi connectivity index (χ3v) is 4.02. The Morgan fingerprint density at radius 3 is 2.67 bits per heavy atom. The third kappa shape index (κ3) is 2.77. The normalized spacial score (nSPS) is 17.9. The van der Waals surface area contributed by atoms with E-state index in [4.69, 9.17) is 16.6 Å². The summed E-state index contributed by atoms with van der Waals surface area (Å²) in [5.74, 6) is 0.173. The van der Waals surface area contributed by atoms with Gasteiger partial charge >= 0.3 is 0 Å². The Hall–Kier alpha value is -1.93. The highest BCUT2D eigenvalue weighted by atomic mass is 35.5. The first-order valence-electron chi connectivity index (χ1n) is 7.13. The van der Waals surface area contributed by atoms with E-state index in [1.54, 1.807) is 0 Å². The zero-order valence-electron chi connectivity index (χ0n) is 11.8. The van der Waals surface area contributed by atoms with Gasteiger partial charge in [0.05, 0.1) is 5.71 Å². The lowest BCUT2D eigenvalue weighted by Gasteiger charge is -2.10. The lowest BCUT2D eigenvalue weighted by Crippen LogP contribution is -2.19. The minimum absolute atomic E-state index is 0.173. The van der Waals surface area contributed by atoms with E-state index in [1.807, 2.05) is 55.5 Å². The lowest BCUT2D eigenvalue weighted by molar-refractivity contribution is -0.119. The largest absolute Gasteiger partial charge is 0.297 e. The molecule has 106 valence electrons. The number of carbonyl (C=O) groups excluding carboxylic acids is 1. The molecule has 1 heterocycles. The molecular weight excluding hydrogens is 282 g/mol. The van der Waals surface area contributed by atoms with Gasteiger partial charge < -0.3 is 0 Å². The molecule has 0 saturated carbocycles. The van der Waals surface area contributed by atoms with Crippen molar-refractivity contribution in [3.8, 4) is 0 Å². The summed E-state index contributed by atoms with van der Waals surface area (Å²) in [5, 5.41) is 0.666. The fourth-order valence-corrected chi connectivity index (χ4v) is 2.84. The number of benzene rings is 2. The van der Waals surface area contributed by atoms with Crippen LogP contribution >= 0.6 is 11.6 Å². The maximum atomic E-state index is 12.3. The number of nitrogens with zero attached hydrogens (tertiary/aromatic N) is 1. The first-order chi connectivity index (χ1) is 10.2. The molecular formula is C18H16ClNO. The molecule has 2 aromatic rings. The van der Waals surface area contributed by atoms with Crippen LogP contribution in [0.3, 0.4) is 0 Å². The summed E-state index contributed by atoms with van der Waals surface area (Å²) in [5.41, 5.74) is 3.86. The van der Waals surface area contributed by atoms with Crippen molar-refractivity contribution in [3.63, 3.8) is 0 Å². The minimum Gasteiger partial charge on any atom is -0.297 e. The number of halogens is 1. The molecule has 2 nitrogen and oxygen atoms in total. The smallest absolute Gasteiger partial charge is 0.161 e. The zero-order valence-corrected chi connectivity index (χ0v) is 12.6. The van der Waals surface area contributed by atoms with Crippen LogP contribution in [0.2, 0.25) is 5.02 Å². The van der Waals surface area contributed by atoms with E-state index in [-0.39, 0.29) is 11.8 Å². The van der Waals surface area contributed by atoms with Crippen molar-refractivity contribution in [2.24, 2.45) is 4.99 Å².